The summed E-state index contributed by atoms with van der Waals surface area (Å²) in [7, 11) is 0. The van der Waals surface area contributed by atoms with Gasteiger partial charge in [0, 0.05) is 24.5 Å². The van der Waals surface area contributed by atoms with Crippen LogP contribution in [0.5, 0.6) is 0 Å². The minimum absolute atomic E-state index is 0.0895. The Morgan fingerprint density at radius 3 is 2.92 bits per heavy atom. The molecule has 4 heteroatoms. The van der Waals surface area contributed by atoms with Crippen LogP contribution in [-0.4, -0.2) is 22.0 Å². The van der Waals surface area contributed by atoms with Crippen LogP contribution in [0.4, 0.5) is 0 Å². The number of benzene rings is 1. The van der Waals surface area contributed by atoms with Gasteiger partial charge in [-0.2, -0.15) is 0 Å². The highest BCUT2D eigenvalue weighted by atomic mass is 16.1. The molecule has 1 N–H and O–H groups in total. The van der Waals surface area contributed by atoms with Crippen molar-refractivity contribution in [2.24, 2.45) is 17.8 Å². The van der Waals surface area contributed by atoms with Crippen molar-refractivity contribution in [3.8, 4) is 11.4 Å². The van der Waals surface area contributed by atoms with Gasteiger partial charge >= 0.3 is 0 Å². The normalized spacial score (nSPS) is 25.6. The number of nitrogens with one attached hydrogen (secondary N) is 1. The van der Waals surface area contributed by atoms with Crippen molar-refractivity contribution < 1.29 is 4.79 Å². The summed E-state index contributed by atoms with van der Waals surface area (Å²) in [6, 6.07) is 10.0. The highest BCUT2D eigenvalue weighted by Gasteiger charge is 2.38. The van der Waals surface area contributed by atoms with Gasteiger partial charge in [0.2, 0.25) is 5.91 Å². The van der Waals surface area contributed by atoms with Crippen LogP contribution >= 0.6 is 0 Å². The third kappa shape index (κ3) is 3.10. The summed E-state index contributed by atoms with van der Waals surface area (Å²) in [5.41, 5.74) is 1.04. The molecule has 0 unspecified atom stereocenters. The maximum atomic E-state index is 12.4. The smallest absolute Gasteiger partial charge is 0.240 e. The molecule has 0 saturated heterocycles. The van der Waals surface area contributed by atoms with Crippen molar-refractivity contribution in [1.82, 2.24) is 14.9 Å². The molecule has 0 radical (unpaired) electrons. The molecule has 1 aromatic heterocycles. The Balaban J connectivity index is 1.35. The van der Waals surface area contributed by atoms with Gasteiger partial charge in [0.25, 0.3) is 0 Å². The molecule has 2 aliphatic carbocycles. The molecule has 3 atom stereocenters. The van der Waals surface area contributed by atoms with Crippen LogP contribution in [0.2, 0.25) is 0 Å². The van der Waals surface area contributed by atoms with Crippen molar-refractivity contribution in [2.45, 2.75) is 38.6 Å². The molecule has 0 bridgehead atoms. The molecule has 2 fully saturated rings. The van der Waals surface area contributed by atoms with E-state index in [2.05, 4.69) is 10.3 Å². The summed E-state index contributed by atoms with van der Waals surface area (Å²) in [4.78, 5) is 16.8. The van der Waals surface area contributed by atoms with Crippen LogP contribution < -0.4 is 5.32 Å². The zero-order valence-corrected chi connectivity index (χ0v) is 14.0. The van der Waals surface area contributed by atoms with E-state index in [0.717, 1.165) is 29.8 Å². The first-order chi connectivity index (χ1) is 11.8. The number of carbonyl (C=O) groups excluding carboxylic acids is 1. The fourth-order valence-electron chi connectivity index (χ4n) is 4.68. The molecule has 2 aliphatic rings. The predicted octanol–water partition coefficient (Wildman–Crippen LogP) is 3.49. The minimum atomic E-state index is 0.0895. The number of carbonyl (C=O) groups is 1. The molecule has 1 amide bonds. The lowest BCUT2D eigenvalue weighted by atomic mass is 9.92. The molecule has 1 aromatic carbocycles. The van der Waals surface area contributed by atoms with Gasteiger partial charge in [-0.25, -0.2) is 4.98 Å². The van der Waals surface area contributed by atoms with Crippen molar-refractivity contribution in [1.29, 1.82) is 0 Å². The molecule has 2 aromatic rings. The number of nitrogens with zero attached hydrogens (tertiary/aromatic N) is 2. The van der Waals surface area contributed by atoms with Gasteiger partial charge in [-0.15, -0.1) is 0 Å². The first kappa shape index (κ1) is 15.4. The molecule has 0 spiro atoms. The van der Waals surface area contributed by atoms with E-state index >= 15 is 0 Å². The number of aromatic nitrogens is 2. The van der Waals surface area contributed by atoms with E-state index in [-0.39, 0.29) is 5.91 Å². The molecule has 4 nitrogen and oxygen atoms in total. The minimum Gasteiger partial charge on any atom is -0.354 e. The maximum Gasteiger partial charge on any atom is 0.240 e. The average Bonchev–Trinajstić information content (AvgIpc) is 3.31. The predicted molar refractivity (Wildman–Crippen MR) is 94.2 cm³/mol. The molecule has 24 heavy (non-hydrogen) atoms. The third-order valence-electron chi connectivity index (χ3n) is 5.85. The number of fused-ring (bicyclic) bond motifs is 1. The number of hydrogen-bond donors (Lipinski definition) is 1. The van der Waals surface area contributed by atoms with Crippen LogP contribution in [0.1, 0.15) is 32.1 Å². The van der Waals surface area contributed by atoms with E-state index < -0.39 is 0 Å². The van der Waals surface area contributed by atoms with Crippen LogP contribution in [-0.2, 0) is 11.3 Å². The number of rotatable bonds is 5. The summed E-state index contributed by atoms with van der Waals surface area (Å²) < 4.78 is 1.93. The lowest BCUT2D eigenvalue weighted by molar-refractivity contribution is -0.121. The second kappa shape index (κ2) is 6.80. The SMILES string of the molecule is O=C(Cn1ccnc1-c1ccccc1)NC[C@H]1CC[C@@H]2CCC[C@@H]21. The number of hydrogen-bond acceptors (Lipinski definition) is 2. The quantitative estimate of drug-likeness (QED) is 0.915. The van der Waals surface area contributed by atoms with Gasteiger partial charge in [-0.05, 0) is 37.0 Å². The summed E-state index contributed by atoms with van der Waals surface area (Å²) in [5.74, 6) is 3.43. The van der Waals surface area contributed by atoms with Crippen LogP contribution in [0, 0.1) is 17.8 Å². The Morgan fingerprint density at radius 2 is 2.04 bits per heavy atom. The first-order valence-electron chi connectivity index (χ1n) is 9.14. The second-order valence-corrected chi connectivity index (χ2v) is 7.24. The Bertz CT molecular complexity index is 694. The molecule has 4 rings (SSSR count). The fourth-order valence-corrected chi connectivity index (χ4v) is 4.68. The lowest BCUT2D eigenvalue weighted by Gasteiger charge is -2.19. The summed E-state index contributed by atoms with van der Waals surface area (Å²) in [6.45, 7) is 1.18. The van der Waals surface area contributed by atoms with Crippen molar-refractivity contribution >= 4 is 5.91 Å². The standard InChI is InChI=1S/C20H25N3O/c24-19(22-13-17-10-9-15-7-4-8-18(15)17)14-23-12-11-21-20(23)16-5-2-1-3-6-16/h1-3,5-6,11-12,15,17-18H,4,7-10,13-14H2,(H,22,24)/t15-,17+,18-/m0/s1. The van der Waals surface area contributed by atoms with Gasteiger partial charge in [-0.1, -0.05) is 43.2 Å². The highest BCUT2D eigenvalue weighted by Crippen LogP contribution is 2.47. The topological polar surface area (TPSA) is 46.9 Å². The van der Waals surface area contributed by atoms with E-state index in [0.29, 0.717) is 12.5 Å². The maximum absolute atomic E-state index is 12.4. The Labute approximate surface area is 143 Å². The number of amides is 1. The average molecular weight is 323 g/mol. The van der Waals surface area contributed by atoms with Gasteiger partial charge in [-0.3, -0.25) is 4.79 Å². The van der Waals surface area contributed by atoms with Crippen molar-refractivity contribution in [2.75, 3.05) is 6.54 Å². The van der Waals surface area contributed by atoms with Gasteiger partial charge in [0.05, 0.1) is 0 Å². The Kier molecular flexibility index (Phi) is 4.37. The van der Waals surface area contributed by atoms with Gasteiger partial charge < -0.3 is 9.88 Å². The van der Waals surface area contributed by atoms with Gasteiger partial charge in [0.15, 0.2) is 0 Å². The first-order valence-corrected chi connectivity index (χ1v) is 9.14. The van der Waals surface area contributed by atoms with Crippen LogP contribution in [0.25, 0.3) is 11.4 Å². The largest absolute Gasteiger partial charge is 0.354 e. The Morgan fingerprint density at radius 1 is 1.17 bits per heavy atom. The summed E-state index contributed by atoms with van der Waals surface area (Å²) in [5, 5.41) is 3.17. The third-order valence-corrected chi connectivity index (χ3v) is 5.85. The van der Waals surface area contributed by atoms with E-state index in [4.69, 9.17) is 0 Å². The van der Waals surface area contributed by atoms with Crippen molar-refractivity contribution in [3.05, 3.63) is 42.7 Å². The molecule has 126 valence electrons. The van der Waals surface area contributed by atoms with E-state index in [1.165, 1.54) is 32.1 Å². The fraction of sp³-hybridized carbons (Fsp3) is 0.500. The number of imidazole rings is 1. The van der Waals surface area contributed by atoms with Gasteiger partial charge in [0.1, 0.15) is 12.4 Å². The van der Waals surface area contributed by atoms with E-state index in [1.807, 2.05) is 41.1 Å². The molecule has 2 saturated carbocycles. The Hall–Kier alpha value is -2.10. The van der Waals surface area contributed by atoms with E-state index in [9.17, 15) is 4.79 Å². The summed E-state index contributed by atoms with van der Waals surface area (Å²) in [6.07, 6.45) is 10.5. The molecular formula is C20H25N3O. The molecule has 1 heterocycles. The van der Waals surface area contributed by atoms with E-state index in [1.54, 1.807) is 6.20 Å². The highest BCUT2D eigenvalue weighted by molar-refractivity contribution is 5.76. The molecular weight excluding hydrogens is 298 g/mol. The second-order valence-electron chi connectivity index (χ2n) is 7.24. The summed E-state index contributed by atoms with van der Waals surface area (Å²) >= 11 is 0. The van der Waals surface area contributed by atoms with Crippen molar-refractivity contribution in [3.63, 3.8) is 0 Å². The monoisotopic (exact) mass is 323 g/mol. The molecule has 0 aliphatic heterocycles. The zero-order valence-electron chi connectivity index (χ0n) is 14.0. The van der Waals surface area contributed by atoms with Crippen LogP contribution in [0.15, 0.2) is 42.7 Å². The zero-order chi connectivity index (χ0) is 16.4. The lowest BCUT2D eigenvalue weighted by Crippen LogP contribution is -2.33. The van der Waals surface area contributed by atoms with Crippen LogP contribution in [0.3, 0.4) is 0 Å².